The van der Waals surface area contributed by atoms with Crippen LogP contribution >= 0.6 is 17.8 Å². The van der Waals surface area contributed by atoms with E-state index in [9.17, 15) is 9.59 Å². The maximum atomic E-state index is 13.8. The molecule has 0 radical (unpaired) electrons. The number of ketones is 2. The fraction of sp³-hybridized carbons (Fsp3) is 0.0588. The number of nitrogens with zero attached hydrogens (tertiary/aromatic N) is 4. The van der Waals surface area contributed by atoms with Gasteiger partial charge in [-0.05, 0) is 0 Å². The van der Waals surface area contributed by atoms with Crippen LogP contribution in [0, 0.1) is 13.8 Å². The molecular formula is C34H26Cl2N4O4Sn. The van der Waals surface area contributed by atoms with E-state index in [0.29, 0.717) is 33.9 Å². The van der Waals surface area contributed by atoms with E-state index in [1.165, 1.54) is 9.36 Å². The topological polar surface area (TPSA) is 88.2 Å². The molecule has 0 spiro atoms. The monoisotopic (exact) mass is 744 g/mol. The van der Waals surface area contributed by atoms with Crippen LogP contribution in [0.5, 0.6) is 11.8 Å². The van der Waals surface area contributed by atoms with Crippen molar-refractivity contribution in [2.24, 2.45) is 0 Å². The predicted octanol–water partition coefficient (Wildman–Crippen LogP) is 7.51. The first-order valence-electron chi connectivity index (χ1n) is 14.0. The summed E-state index contributed by atoms with van der Waals surface area (Å²) in [6.45, 7) is 3.43. The number of rotatable bonds is 10. The van der Waals surface area contributed by atoms with Gasteiger partial charge in [0.25, 0.3) is 0 Å². The summed E-state index contributed by atoms with van der Waals surface area (Å²) in [5.41, 5.74) is 3.38. The fourth-order valence-electron chi connectivity index (χ4n) is 4.93. The van der Waals surface area contributed by atoms with Gasteiger partial charge in [0.15, 0.2) is 0 Å². The molecule has 0 saturated heterocycles. The van der Waals surface area contributed by atoms with Gasteiger partial charge in [-0.3, -0.25) is 0 Å². The second-order valence-corrected chi connectivity index (χ2v) is 21.9. The van der Waals surface area contributed by atoms with Crippen LogP contribution in [0.1, 0.15) is 43.2 Å². The molecule has 0 atom stereocenters. The first-order chi connectivity index (χ1) is 21.7. The Morgan fingerprint density at radius 2 is 0.867 bits per heavy atom. The summed E-state index contributed by atoms with van der Waals surface area (Å²) in [5.74, 6) is -0.532. The summed E-state index contributed by atoms with van der Waals surface area (Å²) in [5, 5.41) is 9.27. The van der Waals surface area contributed by atoms with Crippen LogP contribution in [0.25, 0.3) is 11.4 Å². The molecule has 11 heteroatoms. The Morgan fingerprint density at radius 1 is 0.556 bits per heavy atom. The number of aromatic nitrogens is 4. The van der Waals surface area contributed by atoms with E-state index >= 15 is 0 Å². The maximum absolute atomic E-state index is 13.8. The number of halogens is 2. The van der Waals surface area contributed by atoms with Gasteiger partial charge in [-0.2, -0.15) is 0 Å². The summed E-state index contributed by atoms with van der Waals surface area (Å²) in [6, 6.07) is 36.0. The molecule has 0 aliphatic rings. The molecule has 0 aliphatic heterocycles. The van der Waals surface area contributed by atoms with Crippen molar-refractivity contribution < 1.29 is 15.7 Å². The zero-order valence-corrected chi connectivity index (χ0v) is 28.6. The number of aryl methyl sites for hydroxylation is 2. The van der Waals surface area contributed by atoms with E-state index in [0.717, 1.165) is 0 Å². The van der Waals surface area contributed by atoms with Crippen LogP contribution in [-0.4, -0.2) is 48.1 Å². The van der Waals surface area contributed by atoms with E-state index in [2.05, 4.69) is 10.2 Å². The molecule has 2 aromatic heterocycles. The Bertz CT molecular complexity index is 1840. The van der Waals surface area contributed by atoms with Crippen LogP contribution in [0.2, 0.25) is 0 Å². The summed E-state index contributed by atoms with van der Waals surface area (Å²) >= 11 is -5.28. The average Bonchev–Trinajstić information content (AvgIpc) is 3.56. The van der Waals surface area contributed by atoms with E-state index in [4.69, 9.17) is 24.0 Å². The molecule has 8 nitrogen and oxygen atoms in total. The molecule has 224 valence electrons. The Labute approximate surface area is 272 Å². The molecule has 0 bridgehead atoms. The van der Waals surface area contributed by atoms with Crippen molar-refractivity contribution in [3.8, 4) is 23.1 Å². The van der Waals surface area contributed by atoms with Gasteiger partial charge in [-0.1, -0.05) is 0 Å². The molecule has 0 N–H and O–H groups in total. The molecule has 0 fully saturated rings. The van der Waals surface area contributed by atoms with Gasteiger partial charge in [0, 0.05) is 0 Å². The number of hydrogen-bond acceptors (Lipinski definition) is 6. The summed E-state index contributed by atoms with van der Waals surface area (Å²) in [4.78, 5) is 27.6. The van der Waals surface area contributed by atoms with Gasteiger partial charge in [-0.25, -0.2) is 0 Å². The van der Waals surface area contributed by atoms with E-state index in [-0.39, 0.29) is 34.5 Å². The Kier molecular flexibility index (Phi) is 8.80. The van der Waals surface area contributed by atoms with E-state index in [1.807, 2.05) is 72.8 Å². The van der Waals surface area contributed by atoms with Gasteiger partial charge >= 0.3 is 274 Å². The Morgan fingerprint density at radius 3 is 1.20 bits per heavy atom. The van der Waals surface area contributed by atoms with Crippen molar-refractivity contribution in [2.45, 2.75) is 13.8 Å². The molecular weight excluding hydrogens is 718 g/mol. The van der Waals surface area contributed by atoms with Crippen molar-refractivity contribution in [3.05, 3.63) is 155 Å². The molecule has 0 unspecified atom stereocenters. The Hall–Kier alpha value is -4.38. The van der Waals surface area contributed by atoms with Gasteiger partial charge in [0.2, 0.25) is 0 Å². The number of para-hydroxylation sites is 2. The first kappa shape index (κ1) is 30.6. The van der Waals surface area contributed by atoms with Crippen LogP contribution in [-0.2, 0) is 0 Å². The zero-order chi connectivity index (χ0) is 31.6. The summed E-state index contributed by atoms with van der Waals surface area (Å²) < 4.78 is 15.7. The molecule has 6 aromatic rings. The third-order valence-electron chi connectivity index (χ3n) is 6.99. The number of carbonyl (C=O) groups is 2. The number of hydrogen-bond donors (Lipinski definition) is 0. The van der Waals surface area contributed by atoms with Gasteiger partial charge < -0.3 is 0 Å². The molecule has 6 rings (SSSR count). The molecule has 2 heterocycles. The van der Waals surface area contributed by atoms with Crippen LogP contribution in [0.4, 0.5) is 0 Å². The Balaban J connectivity index is 1.47. The van der Waals surface area contributed by atoms with Crippen LogP contribution in [0.3, 0.4) is 0 Å². The second kappa shape index (κ2) is 12.9. The quantitative estimate of drug-likeness (QED) is 0.107. The zero-order valence-electron chi connectivity index (χ0n) is 24.2. The van der Waals surface area contributed by atoms with Gasteiger partial charge in [0.1, 0.15) is 0 Å². The van der Waals surface area contributed by atoms with Crippen molar-refractivity contribution in [1.82, 2.24) is 19.6 Å². The first-order valence-corrected chi connectivity index (χ1v) is 23.5. The normalized spacial score (nSPS) is 11.3. The summed E-state index contributed by atoms with van der Waals surface area (Å²) in [6.07, 6.45) is 0. The van der Waals surface area contributed by atoms with E-state index in [1.54, 1.807) is 62.4 Å². The standard InChI is InChI=1S/2C17H14N2O2.2ClH.Sn/c2*1-12-15(16(20)13-8-4-2-5-9-13)17(21)19(18-12)14-10-6-3-7-11-14;;;/h2*2-11,21H,1H3;2*1H;/q;;;;+4/p-4. The van der Waals surface area contributed by atoms with Crippen molar-refractivity contribution in [2.75, 3.05) is 0 Å². The molecule has 0 amide bonds. The second-order valence-electron chi connectivity index (χ2n) is 10.1. The van der Waals surface area contributed by atoms with Crippen molar-refractivity contribution >= 4 is 46.4 Å². The minimum absolute atomic E-state index is 0.0480. The third-order valence-corrected chi connectivity index (χ3v) is 11.5. The third kappa shape index (κ3) is 6.40. The van der Waals surface area contributed by atoms with Crippen molar-refractivity contribution in [3.63, 3.8) is 0 Å². The number of benzene rings is 4. The molecule has 45 heavy (non-hydrogen) atoms. The number of carbonyl (C=O) groups excluding carboxylic acids is 2. The van der Waals surface area contributed by atoms with Crippen LogP contribution in [0.15, 0.2) is 121 Å². The molecule has 0 aliphatic carbocycles. The average molecular weight is 744 g/mol. The van der Waals surface area contributed by atoms with Gasteiger partial charge in [-0.15, -0.1) is 0 Å². The van der Waals surface area contributed by atoms with Crippen molar-refractivity contribution in [1.29, 1.82) is 0 Å². The minimum atomic E-state index is -5.28. The summed E-state index contributed by atoms with van der Waals surface area (Å²) in [7, 11) is 14.0. The SMILES string of the molecule is Cc1nn(-c2ccccc2)c([O][Sn]([Cl])([Cl])[O]c2c(C(=O)c3ccccc3)c(C)nn2-c2ccccc2)c1C(=O)c1ccccc1. The fourth-order valence-corrected chi connectivity index (χ4v) is 9.37. The van der Waals surface area contributed by atoms with Gasteiger partial charge in [0.05, 0.1) is 0 Å². The van der Waals surface area contributed by atoms with Crippen LogP contribution < -0.4 is 6.15 Å². The molecule has 0 saturated carbocycles. The van der Waals surface area contributed by atoms with E-state index < -0.39 is 17.0 Å². The predicted molar refractivity (Wildman–Crippen MR) is 175 cm³/mol. The molecule has 4 aromatic carbocycles.